The number of hydrazone groups is 1. The summed E-state index contributed by atoms with van der Waals surface area (Å²) in [5.41, 5.74) is 3.38. The number of hydrogen-bond donors (Lipinski definition) is 2. The van der Waals surface area contributed by atoms with E-state index in [1.165, 1.54) is 13.3 Å². The van der Waals surface area contributed by atoms with Gasteiger partial charge in [0.2, 0.25) is 11.8 Å². The number of carbonyl (C=O) groups is 3. The van der Waals surface area contributed by atoms with Crippen molar-refractivity contribution in [1.82, 2.24) is 5.43 Å². The maximum atomic E-state index is 11.9. The van der Waals surface area contributed by atoms with Crippen LogP contribution in [0.5, 0.6) is 11.5 Å². The minimum atomic E-state index is -0.590. The molecule has 0 spiro atoms. The van der Waals surface area contributed by atoms with E-state index in [0.717, 1.165) is 0 Å². The number of nitrogens with one attached hydrogen (secondary N) is 2. The highest BCUT2D eigenvalue weighted by Crippen LogP contribution is 2.36. The van der Waals surface area contributed by atoms with E-state index in [2.05, 4.69) is 31.8 Å². The van der Waals surface area contributed by atoms with Crippen molar-refractivity contribution >= 4 is 57.2 Å². The number of ether oxygens (including phenoxy) is 3. The van der Waals surface area contributed by atoms with Gasteiger partial charge < -0.3 is 19.5 Å². The lowest BCUT2D eigenvalue weighted by atomic mass is 10.2. The highest BCUT2D eigenvalue weighted by Gasteiger charge is 2.14. The Labute approximate surface area is 198 Å². The Morgan fingerprint density at radius 2 is 1.88 bits per heavy atom. The average molecular weight is 527 g/mol. The molecule has 170 valence electrons. The molecule has 2 amide bonds. The predicted octanol–water partition coefficient (Wildman–Crippen LogP) is 3.53. The minimum Gasteiger partial charge on any atom is -0.493 e. The van der Waals surface area contributed by atoms with Crippen molar-refractivity contribution in [2.45, 2.75) is 13.3 Å². The number of anilines is 1. The van der Waals surface area contributed by atoms with Gasteiger partial charge in [0.05, 0.1) is 24.4 Å². The van der Waals surface area contributed by atoms with E-state index in [0.29, 0.717) is 32.2 Å². The third kappa shape index (κ3) is 8.20. The van der Waals surface area contributed by atoms with E-state index in [1.807, 2.05) is 0 Å². The first-order chi connectivity index (χ1) is 15.3. The zero-order valence-corrected chi connectivity index (χ0v) is 19.7. The summed E-state index contributed by atoms with van der Waals surface area (Å²) in [6.07, 6.45) is 0.963. The van der Waals surface area contributed by atoms with Gasteiger partial charge in [-0.2, -0.15) is 5.10 Å². The Bertz CT molecular complexity index is 998. The lowest BCUT2D eigenvalue weighted by molar-refractivity contribution is -0.145. The van der Waals surface area contributed by atoms with Crippen molar-refractivity contribution in [1.29, 1.82) is 0 Å². The van der Waals surface area contributed by atoms with Crippen LogP contribution < -0.4 is 20.2 Å². The topological polar surface area (TPSA) is 115 Å². The van der Waals surface area contributed by atoms with Gasteiger partial charge in [0.15, 0.2) is 18.1 Å². The molecule has 0 aliphatic heterocycles. The summed E-state index contributed by atoms with van der Waals surface area (Å²) in [7, 11) is 1.45. The van der Waals surface area contributed by atoms with E-state index < -0.39 is 24.2 Å². The highest BCUT2D eigenvalue weighted by atomic mass is 79.9. The fourth-order valence-corrected chi connectivity index (χ4v) is 3.09. The van der Waals surface area contributed by atoms with Gasteiger partial charge in [-0.15, -0.1) is 0 Å². The Kier molecular flexibility index (Phi) is 9.96. The normalized spacial score (nSPS) is 10.5. The molecule has 0 aromatic heterocycles. The lowest BCUT2D eigenvalue weighted by Crippen LogP contribution is -2.24. The zero-order chi connectivity index (χ0) is 23.5. The van der Waals surface area contributed by atoms with Gasteiger partial charge in [0.25, 0.3) is 0 Å². The molecular formula is C21H21BrClN3O6. The van der Waals surface area contributed by atoms with Gasteiger partial charge in [0.1, 0.15) is 6.42 Å². The van der Waals surface area contributed by atoms with E-state index in [1.54, 1.807) is 43.3 Å². The molecule has 2 aromatic rings. The van der Waals surface area contributed by atoms with Crippen molar-refractivity contribution in [3.05, 3.63) is 51.5 Å². The number of nitrogens with zero attached hydrogens (tertiary/aromatic N) is 1. The SMILES string of the molecule is CCOC(=O)COc1c(Br)cc(C=NNC(=O)CC(=O)Nc2ccc(Cl)cc2)cc1OC. The van der Waals surface area contributed by atoms with Crippen LogP contribution in [-0.2, 0) is 19.1 Å². The van der Waals surface area contributed by atoms with Crippen LogP contribution in [0.2, 0.25) is 5.02 Å². The number of hydrogen-bond acceptors (Lipinski definition) is 7. The minimum absolute atomic E-state index is 0.254. The molecule has 0 heterocycles. The van der Waals surface area contributed by atoms with Crippen molar-refractivity contribution in [3.63, 3.8) is 0 Å². The molecule has 2 rings (SSSR count). The van der Waals surface area contributed by atoms with Crippen LogP contribution in [-0.4, -0.2) is 44.3 Å². The van der Waals surface area contributed by atoms with E-state index in [9.17, 15) is 14.4 Å². The third-order valence-electron chi connectivity index (χ3n) is 3.74. The fraction of sp³-hybridized carbons (Fsp3) is 0.238. The van der Waals surface area contributed by atoms with Crippen LogP contribution in [0, 0.1) is 0 Å². The van der Waals surface area contributed by atoms with Crippen LogP contribution in [0.1, 0.15) is 18.9 Å². The first-order valence-corrected chi connectivity index (χ1v) is 10.5. The van der Waals surface area contributed by atoms with Crippen molar-refractivity contribution in [2.24, 2.45) is 5.10 Å². The predicted molar refractivity (Wildman–Crippen MR) is 123 cm³/mol. The summed E-state index contributed by atoms with van der Waals surface area (Å²) < 4.78 is 16.1. The maximum Gasteiger partial charge on any atom is 0.344 e. The average Bonchev–Trinajstić information content (AvgIpc) is 2.74. The second-order valence-corrected chi connectivity index (χ2v) is 7.44. The Morgan fingerprint density at radius 3 is 2.53 bits per heavy atom. The fourth-order valence-electron chi connectivity index (χ4n) is 2.39. The van der Waals surface area contributed by atoms with Gasteiger partial charge in [-0.05, 0) is 64.8 Å². The molecule has 0 atom stereocenters. The van der Waals surface area contributed by atoms with E-state index >= 15 is 0 Å². The van der Waals surface area contributed by atoms with E-state index in [-0.39, 0.29) is 13.2 Å². The van der Waals surface area contributed by atoms with Crippen molar-refractivity contribution < 1.29 is 28.6 Å². The van der Waals surface area contributed by atoms with Gasteiger partial charge in [-0.1, -0.05) is 11.6 Å². The van der Waals surface area contributed by atoms with Gasteiger partial charge in [-0.3, -0.25) is 9.59 Å². The molecule has 0 saturated carbocycles. The molecule has 0 aliphatic rings. The van der Waals surface area contributed by atoms with Gasteiger partial charge in [0, 0.05) is 10.7 Å². The first kappa shape index (κ1) is 25.2. The number of esters is 1. The molecule has 32 heavy (non-hydrogen) atoms. The molecule has 2 N–H and O–H groups in total. The Balaban J connectivity index is 1.92. The number of halogens is 2. The molecule has 0 bridgehead atoms. The van der Waals surface area contributed by atoms with Crippen LogP contribution >= 0.6 is 27.5 Å². The Morgan fingerprint density at radius 1 is 1.16 bits per heavy atom. The quantitative estimate of drug-likeness (QED) is 0.212. The smallest absolute Gasteiger partial charge is 0.344 e. The summed E-state index contributed by atoms with van der Waals surface area (Å²) in [4.78, 5) is 35.4. The molecule has 0 saturated heterocycles. The Hall–Kier alpha value is -3.11. The molecule has 9 nitrogen and oxygen atoms in total. The molecule has 0 radical (unpaired) electrons. The molecule has 2 aromatic carbocycles. The number of carbonyl (C=O) groups excluding carboxylic acids is 3. The molecular weight excluding hydrogens is 506 g/mol. The van der Waals surface area contributed by atoms with Crippen molar-refractivity contribution in [2.75, 3.05) is 25.6 Å². The standard InChI is InChI=1S/C21H21BrClN3O6/c1-3-31-20(29)12-32-21-16(22)8-13(9-17(21)30-2)11-24-26-19(28)10-18(27)25-15-6-4-14(23)5-7-15/h4-9,11H,3,10,12H2,1-2H3,(H,25,27)(H,26,28). The second-order valence-electron chi connectivity index (χ2n) is 6.15. The molecule has 11 heteroatoms. The number of rotatable bonds is 10. The summed E-state index contributed by atoms with van der Waals surface area (Å²) >= 11 is 9.14. The molecule has 0 unspecified atom stereocenters. The second kappa shape index (κ2) is 12.7. The van der Waals surface area contributed by atoms with Gasteiger partial charge in [-0.25, -0.2) is 10.2 Å². The lowest BCUT2D eigenvalue weighted by Gasteiger charge is -2.13. The molecule has 0 aliphatic carbocycles. The van der Waals surface area contributed by atoms with Gasteiger partial charge >= 0.3 is 5.97 Å². The molecule has 0 fully saturated rings. The number of amides is 2. The third-order valence-corrected chi connectivity index (χ3v) is 4.58. The van der Waals surface area contributed by atoms with Crippen LogP contribution in [0.4, 0.5) is 5.69 Å². The summed E-state index contributed by atoms with van der Waals surface area (Å²) in [5, 5.41) is 6.97. The highest BCUT2D eigenvalue weighted by molar-refractivity contribution is 9.10. The first-order valence-electron chi connectivity index (χ1n) is 9.35. The van der Waals surface area contributed by atoms with Crippen LogP contribution in [0.15, 0.2) is 46.0 Å². The summed E-state index contributed by atoms with van der Waals surface area (Å²) in [5.74, 6) is -0.921. The van der Waals surface area contributed by atoms with Crippen molar-refractivity contribution in [3.8, 4) is 11.5 Å². The van der Waals surface area contributed by atoms with Crippen LogP contribution in [0.3, 0.4) is 0 Å². The van der Waals surface area contributed by atoms with E-state index in [4.69, 9.17) is 25.8 Å². The van der Waals surface area contributed by atoms with Crippen LogP contribution in [0.25, 0.3) is 0 Å². The zero-order valence-electron chi connectivity index (χ0n) is 17.3. The number of methoxy groups -OCH3 is 1. The summed E-state index contributed by atoms with van der Waals surface area (Å²) in [6.45, 7) is 1.68. The largest absolute Gasteiger partial charge is 0.493 e. The number of benzene rings is 2. The summed E-state index contributed by atoms with van der Waals surface area (Å²) in [6, 6.07) is 9.77. The monoisotopic (exact) mass is 525 g/mol. The maximum absolute atomic E-state index is 11.9.